The van der Waals surface area contributed by atoms with Gasteiger partial charge in [0.15, 0.2) is 0 Å². The molecule has 1 rings (SSSR count). The van der Waals surface area contributed by atoms with E-state index < -0.39 is 6.10 Å². The molecule has 0 heterocycles. The van der Waals surface area contributed by atoms with Crippen LogP contribution in [0.4, 0.5) is 0 Å². The summed E-state index contributed by atoms with van der Waals surface area (Å²) < 4.78 is 10.9. The fraction of sp³-hybridized carbons (Fsp3) is 1.00. The van der Waals surface area contributed by atoms with Crippen LogP contribution in [0.1, 0.15) is 39.0 Å². The Morgan fingerprint density at radius 3 is 2.90 bits per heavy atom. The maximum atomic E-state index is 9.83. The van der Waals surface area contributed by atoms with E-state index in [1.807, 2.05) is 0 Å². The van der Waals surface area contributed by atoms with E-state index in [-0.39, 0.29) is 6.61 Å². The van der Waals surface area contributed by atoms with Crippen LogP contribution in [0.15, 0.2) is 0 Å². The number of aliphatic hydroxyl groups is 2. The van der Waals surface area contributed by atoms with Gasteiger partial charge >= 0.3 is 0 Å². The molecule has 0 aromatic heterocycles. The van der Waals surface area contributed by atoms with Crippen molar-refractivity contribution < 1.29 is 19.7 Å². The zero-order chi connectivity index (χ0) is 14.6. The van der Waals surface area contributed by atoms with E-state index >= 15 is 0 Å². The van der Waals surface area contributed by atoms with Crippen LogP contribution < -0.4 is 5.32 Å². The molecule has 3 atom stereocenters. The predicted octanol–water partition coefficient (Wildman–Crippen LogP) is 0.931. The van der Waals surface area contributed by atoms with Crippen LogP contribution in [-0.4, -0.2) is 61.9 Å². The Hall–Kier alpha value is -0.200. The number of hydrogen-bond acceptors (Lipinski definition) is 5. The van der Waals surface area contributed by atoms with Gasteiger partial charge in [-0.25, -0.2) is 0 Å². The molecule has 0 spiro atoms. The van der Waals surface area contributed by atoms with Crippen LogP contribution in [0.5, 0.6) is 0 Å². The van der Waals surface area contributed by atoms with Crippen molar-refractivity contribution in [3.05, 3.63) is 0 Å². The van der Waals surface area contributed by atoms with E-state index in [1.165, 1.54) is 12.8 Å². The van der Waals surface area contributed by atoms with E-state index in [9.17, 15) is 5.11 Å². The standard InChI is InChI=1S/C15H31NO4/c1-13-4-2-5-15(10-13)20-12-14(18)11-16-6-3-8-19-9-7-17/h13-18H,2-12H2,1H3. The molecule has 0 aromatic carbocycles. The van der Waals surface area contributed by atoms with E-state index in [2.05, 4.69) is 12.2 Å². The molecule has 1 aliphatic rings. The number of ether oxygens (including phenoxy) is 2. The third-order valence-corrected chi connectivity index (χ3v) is 3.67. The third kappa shape index (κ3) is 8.87. The van der Waals surface area contributed by atoms with Gasteiger partial charge in [0.1, 0.15) is 0 Å². The van der Waals surface area contributed by atoms with Crippen molar-refractivity contribution in [1.29, 1.82) is 0 Å². The van der Waals surface area contributed by atoms with Crippen molar-refractivity contribution in [3.63, 3.8) is 0 Å². The first kappa shape index (κ1) is 17.9. The highest BCUT2D eigenvalue weighted by molar-refractivity contribution is 4.71. The predicted molar refractivity (Wildman–Crippen MR) is 78.8 cm³/mol. The van der Waals surface area contributed by atoms with Gasteiger partial charge in [-0.1, -0.05) is 19.8 Å². The van der Waals surface area contributed by atoms with Crippen molar-refractivity contribution in [3.8, 4) is 0 Å². The number of aliphatic hydroxyl groups excluding tert-OH is 2. The molecule has 0 amide bonds. The molecule has 120 valence electrons. The summed E-state index contributed by atoms with van der Waals surface area (Å²) >= 11 is 0. The summed E-state index contributed by atoms with van der Waals surface area (Å²) in [5.41, 5.74) is 0. The quantitative estimate of drug-likeness (QED) is 0.494. The molecule has 0 bridgehead atoms. The topological polar surface area (TPSA) is 71.0 Å². The van der Waals surface area contributed by atoms with Gasteiger partial charge in [0.25, 0.3) is 0 Å². The molecular weight excluding hydrogens is 258 g/mol. The second-order valence-electron chi connectivity index (χ2n) is 5.77. The number of rotatable bonds is 11. The van der Waals surface area contributed by atoms with E-state index in [0.717, 1.165) is 31.7 Å². The average Bonchev–Trinajstić information content (AvgIpc) is 2.44. The van der Waals surface area contributed by atoms with Crippen molar-refractivity contribution in [2.24, 2.45) is 5.92 Å². The van der Waals surface area contributed by atoms with E-state index in [0.29, 0.717) is 32.5 Å². The molecule has 1 fully saturated rings. The first-order valence-corrected chi connectivity index (χ1v) is 7.91. The third-order valence-electron chi connectivity index (χ3n) is 3.67. The van der Waals surface area contributed by atoms with Crippen LogP contribution in [0, 0.1) is 5.92 Å². The summed E-state index contributed by atoms with van der Waals surface area (Å²) in [5.74, 6) is 0.753. The summed E-state index contributed by atoms with van der Waals surface area (Å²) in [6.45, 7) is 5.17. The van der Waals surface area contributed by atoms with Gasteiger partial charge in [0.2, 0.25) is 0 Å². The van der Waals surface area contributed by atoms with E-state index in [4.69, 9.17) is 14.6 Å². The normalized spacial score (nSPS) is 24.8. The summed E-state index contributed by atoms with van der Waals surface area (Å²) in [5, 5.41) is 21.6. The highest BCUT2D eigenvalue weighted by Gasteiger charge is 2.20. The largest absolute Gasteiger partial charge is 0.394 e. The highest BCUT2D eigenvalue weighted by Crippen LogP contribution is 2.25. The van der Waals surface area contributed by atoms with Gasteiger partial charge in [-0.2, -0.15) is 0 Å². The van der Waals surface area contributed by atoms with Gasteiger partial charge in [-0.3, -0.25) is 0 Å². The van der Waals surface area contributed by atoms with Crippen molar-refractivity contribution >= 4 is 0 Å². The minimum atomic E-state index is -0.439. The van der Waals surface area contributed by atoms with Crippen LogP contribution in [-0.2, 0) is 9.47 Å². The molecule has 5 nitrogen and oxygen atoms in total. The Morgan fingerprint density at radius 2 is 2.15 bits per heavy atom. The maximum Gasteiger partial charge on any atom is 0.0897 e. The lowest BCUT2D eigenvalue weighted by molar-refractivity contribution is -0.0306. The molecule has 0 aliphatic heterocycles. The molecule has 20 heavy (non-hydrogen) atoms. The number of nitrogens with one attached hydrogen (secondary N) is 1. The van der Waals surface area contributed by atoms with Gasteiger partial charge in [-0.05, 0) is 31.7 Å². The van der Waals surface area contributed by atoms with Gasteiger partial charge in [0.05, 0.1) is 32.0 Å². The Balaban J connectivity index is 1.91. The molecule has 1 saturated carbocycles. The van der Waals surface area contributed by atoms with E-state index in [1.54, 1.807) is 0 Å². The Labute approximate surface area is 122 Å². The Bertz CT molecular complexity index is 228. The smallest absolute Gasteiger partial charge is 0.0897 e. The zero-order valence-corrected chi connectivity index (χ0v) is 12.7. The molecule has 0 aromatic rings. The SMILES string of the molecule is CC1CCCC(OCC(O)CNCCCOCCO)C1. The highest BCUT2D eigenvalue weighted by atomic mass is 16.5. The molecule has 0 radical (unpaired) electrons. The summed E-state index contributed by atoms with van der Waals surface area (Å²) in [6, 6.07) is 0. The minimum absolute atomic E-state index is 0.0727. The molecule has 0 saturated heterocycles. The average molecular weight is 289 g/mol. The van der Waals surface area contributed by atoms with Gasteiger partial charge in [0, 0.05) is 13.2 Å². The summed E-state index contributed by atoms with van der Waals surface area (Å²) in [6.07, 6.45) is 5.59. The second-order valence-corrected chi connectivity index (χ2v) is 5.77. The first-order chi connectivity index (χ1) is 9.72. The fourth-order valence-corrected chi connectivity index (χ4v) is 2.57. The maximum absolute atomic E-state index is 9.83. The van der Waals surface area contributed by atoms with Gasteiger partial charge in [-0.15, -0.1) is 0 Å². The lowest BCUT2D eigenvalue weighted by Crippen LogP contribution is -2.33. The zero-order valence-electron chi connectivity index (χ0n) is 12.7. The van der Waals surface area contributed by atoms with Crippen LogP contribution in [0.2, 0.25) is 0 Å². The van der Waals surface area contributed by atoms with Crippen molar-refractivity contribution in [1.82, 2.24) is 5.32 Å². The van der Waals surface area contributed by atoms with Crippen molar-refractivity contribution in [2.45, 2.75) is 51.2 Å². The molecule has 5 heteroatoms. The minimum Gasteiger partial charge on any atom is -0.394 e. The van der Waals surface area contributed by atoms with Crippen molar-refractivity contribution in [2.75, 3.05) is 39.5 Å². The fourth-order valence-electron chi connectivity index (χ4n) is 2.57. The molecule has 3 N–H and O–H groups in total. The summed E-state index contributed by atoms with van der Waals surface area (Å²) in [7, 11) is 0. The van der Waals surface area contributed by atoms with Gasteiger partial charge < -0.3 is 25.0 Å². The van der Waals surface area contributed by atoms with Crippen LogP contribution in [0.3, 0.4) is 0 Å². The first-order valence-electron chi connectivity index (χ1n) is 7.91. The summed E-state index contributed by atoms with van der Waals surface area (Å²) in [4.78, 5) is 0. The number of hydrogen-bond donors (Lipinski definition) is 3. The molecule has 3 unspecified atom stereocenters. The lowest BCUT2D eigenvalue weighted by atomic mass is 9.89. The monoisotopic (exact) mass is 289 g/mol. The molecule has 1 aliphatic carbocycles. The molecular formula is C15H31NO4. The van der Waals surface area contributed by atoms with Crippen LogP contribution in [0.25, 0.3) is 0 Å². The van der Waals surface area contributed by atoms with Crippen LogP contribution >= 0.6 is 0 Å². The Morgan fingerprint density at radius 1 is 1.30 bits per heavy atom. The second kappa shape index (κ2) is 11.5. The lowest BCUT2D eigenvalue weighted by Gasteiger charge is -2.27. The Kier molecular flexibility index (Phi) is 10.2.